The Hall–Kier alpha value is -2.53. The molecular weight excluding hydrogens is 354 g/mol. The van der Waals surface area contributed by atoms with Crippen LogP contribution in [0.2, 0.25) is 0 Å². The molecule has 0 bridgehead atoms. The minimum absolute atomic E-state index is 0.0933. The summed E-state index contributed by atoms with van der Waals surface area (Å²) in [4.78, 5) is 15.2. The topological polar surface area (TPSA) is 48.0 Å². The van der Waals surface area contributed by atoms with Crippen LogP contribution in [0.5, 0.6) is 11.5 Å². The van der Waals surface area contributed by atoms with Crippen molar-refractivity contribution in [2.24, 2.45) is 0 Å². The highest BCUT2D eigenvalue weighted by Crippen LogP contribution is 2.33. The zero-order valence-electron chi connectivity index (χ0n) is 16.3. The van der Waals surface area contributed by atoms with Crippen molar-refractivity contribution in [3.05, 3.63) is 59.7 Å². The molecule has 2 atom stereocenters. The van der Waals surface area contributed by atoms with Crippen LogP contribution in [0.25, 0.3) is 0 Å². The smallest absolute Gasteiger partial charge is 0.252 e. The molecule has 2 aromatic rings. The van der Waals surface area contributed by atoms with Crippen molar-refractivity contribution in [2.45, 2.75) is 51.3 Å². The third-order valence-corrected chi connectivity index (χ3v) is 5.50. The zero-order chi connectivity index (χ0) is 19.3. The van der Waals surface area contributed by atoms with Gasteiger partial charge in [0.05, 0.1) is 0 Å². The van der Waals surface area contributed by atoms with Crippen LogP contribution in [0.15, 0.2) is 48.5 Å². The fraction of sp³-hybridized carbons (Fsp3) is 0.435. The standard InChI is InChI=1S/C23H27NO4/c1-17(9-10-18-6-3-2-4-7-18)24(23(25)21-8-5-13-26-21)15-19-11-12-20-22(14-19)28-16-27-20/h2-4,6-7,11-12,14,17,21H,5,8-10,13,15-16H2,1H3/t17-,21-/m1/s1. The highest BCUT2D eigenvalue weighted by molar-refractivity contribution is 5.81. The largest absolute Gasteiger partial charge is 0.454 e. The number of nitrogens with zero attached hydrogens (tertiary/aromatic N) is 1. The Morgan fingerprint density at radius 2 is 1.93 bits per heavy atom. The Labute approximate surface area is 166 Å². The zero-order valence-corrected chi connectivity index (χ0v) is 16.3. The van der Waals surface area contributed by atoms with Gasteiger partial charge in [-0.25, -0.2) is 0 Å². The van der Waals surface area contributed by atoms with Crippen molar-refractivity contribution >= 4 is 5.91 Å². The first-order valence-corrected chi connectivity index (χ1v) is 10.1. The summed E-state index contributed by atoms with van der Waals surface area (Å²) >= 11 is 0. The van der Waals surface area contributed by atoms with Crippen LogP contribution in [0.1, 0.15) is 37.3 Å². The van der Waals surface area contributed by atoms with E-state index < -0.39 is 0 Å². The van der Waals surface area contributed by atoms with E-state index in [1.54, 1.807) is 0 Å². The van der Waals surface area contributed by atoms with Gasteiger partial charge in [-0.3, -0.25) is 4.79 Å². The van der Waals surface area contributed by atoms with E-state index in [0.717, 1.165) is 42.7 Å². The second-order valence-electron chi connectivity index (χ2n) is 7.53. The Balaban J connectivity index is 1.48. The molecule has 4 rings (SSSR count). The maximum Gasteiger partial charge on any atom is 0.252 e. The van der Waals surface area contributed by atoms with Crippen LogP contribution < -0.4 is 9.47 Å². The summed E-state index contributed by atoms with van der Waals surface area (Å²) in [6, 6.07) is 16.4. The first-order valence-electron chi connectivity index (χ1n) is 10.1. The molecule has 0 spiro atoms. The number of carbonyl (C=O) groups excluding carboxylic acids is 1. The van der Waals surface area contributed by atoms with Crippen LogP contribution in [-0.2, 0) is 22.5 Å². The van der Waals surface area contributed by atoms with E-state index in [9.17, 15) is 4.79 Å². The first kappa shape index (κ1) is 18.8. The third kappa shape index (κ3) is 4.30. The minimum Gasteiger partial charge on any atom is -0.454 e. The van der Waals surface area contributed by atoms with Crippen LogP contribution in [0.4, 0.5) is 0 Å². The van der Waals surface area contributed by atoms with Gasteiger partial charge < -0.3 is 19.1 Å². The molecule has 0 unspecified atom stereocenters. The van der Waals surface area contributed by atoms with Gasteiger partial charge in [-0.2, -0.15) is 0 Å². The summed E-state index contributed by atoms with van der Waals surface area (Å²) < 4.78 is 16.6. The highest BCUT2D eigenvalue weighted by atomic mass is 16.7. The van der Waals surface area contributed by atoms with Crippen LogP contribution >= 0.6 is 0 Å². The fourth-order valence-electron chi connectivity index (χ4n) is 3.82. The van der Waals surface area contributed by atoms with Crippen molar-refractivity contribution in [2.75, 3.05) is 13.4 Å². The molecule has 2 aliphatic rings. The lowest BCUT2D eigenvalue weighted by molar-refractivity contribution is -0.143. The molecule has 0 radical (unpaired) electrons. The van der Waals surface area contributed by atoms with Gasteiger partial charge in [-0.15, -0.1) is 0 Å². The molecule has 5 nitrogen and oxygen atoms in total. The molecule has 2 aromatic carbocycles. The number of aryl methyl sites for hydroxylation is 1. The molecular formula is C23H27NO4. The van der Waals surface area contributed by atoms with Gasteiger partial charge in [0.2, 0.25) is 6.79 Å². The molecule has 0 aromatic heterocycles. The predicted octanol–water partition coefficient (Wildman–Crippen LogP) is 3.94. The Morgan fingerprint density at radius 3 is 2.71 bits per heavy atom. The van der Waals surface area contributed by atoms with Crippen molar-refractivity contribution in [3.8, 4) is 11.5 Å². The summed E-state index contributed by atoms with van der Waals surface area (Å²) in [6.45, 7) is 3.60. The van der Waals surface area contributed by atoms with Crippen molar-refractivity contribution in [1.29, 1.82) is 0 Å². The second kappa shape index (κ2) is 8.65. The lowest BCUT2D eigenvalue weighted by Gasteiger charge is -2.31. The third-order valence-electron chi connectivity index (χ3n) is 5.50. The van der Waals surface area contributed by atoms with Gasteiger partial charge in [-0.1, -0.05) is 36.4 Å². The summed E-state index contributed by atoms with van der Waals surface area (Å²) in [7, 11) is 0. The van der Waals surface area contributed by atoms with E-state index >= 15 is 0 Å². The van der Waals surface area contributed by atoms with E-state index in [0.29, 0.717) is 13.2 Å². The second-order valence-corrected chi connectivity index (χ2v) is 7.53. The Kier molecular flexibility index (Phi) is 5.81. The van der Waals surface area contributed by atoms with E-state index in [-0.39, 0.29) is 24.8 Å². The number of benzene rings is 2. The van der Waals surface area contributed by atoms with Gasteiger partial charge in [0.1, 0.15) is 6.10 Å². The van der Waals surface area contributed by atoms with Gasteiger partial charge >= 0.3 is 0 Å². The minimum atomic E-state index is -0.312. The van der Waals surface area contributed by atoms with E-state index in [4.69, 9.17) is 14.2 Å². The molecule has 1 fully saturated rings. The van der Waals surface area contributed by atoms with Crippen molar-refractivity contribution in [1.82, 2.24) is 4.90 Å². The van der Waals surface area contributed by atoms with Crippen LogP contribution in [-0.4, -0.2) is 36.4 Å². The number of hydrogen-bond acceptors (Lipinski definition) is 4. The van der Waals surface area contributed by atoms with Gasteiger partial charge in [0.15, 0.2) is 11.5 Å². The monoisotopic (exact) mass is 381 g/mol. The van der Waals surface area contributed by atoms with Crippen molar-refractivity contribution in [3.63, 3.8) is 0 Å². The molecule has 2 aliphatic heterocycles. The summed E-state index contributed by atoms with van der Waals surface area (Å²) in [5.41, 5.74) is 2.34. The van der Waals surface area contributed by atoms with Gasteiger partial charge in [0, 0.05) is 19.2 Å². The molecule has 0 saturated carbocycles. The molecule has 2 heterocycles. The molecule has 0 N–H and O–H groups in total. The van der Waals surface area contributed by atoms with Gasteiger partial charge in [0.25, 0.3) is 5.91 Å². The van der Waals surface area contributed by atoms with E-state index in [1.807, 2.05) is 29.2 Å². The maximum absolute atomic E-state index is 13.2. The molecule has 148 valence electrons. The maximum atomic E-state index is 13.2. The highest BCUT2D eigenvalue weighted by Gasteiger charge is 2.31. The quantitative estimate of drug-likeness (QED) is 0.729. The normalized spacial score (nSPS) is 18.8. The molecule has 5 heteroatoms. The predicted molar refractivity (Wildman–Crippen MR) is 106 cm³/mol. The molecule has 28 heavy (non-hydrogen) atoms. The number of carbonyl (C=O) groups is 1. The molecule has 1 saturated heterocycles. The van der Waals surface area contributed by atoms with E-state index in [2.05, 4.69) is 31.2 Å². The first-order chi connectivity index (χ1) is 13.7. The number of amides is 1. The average molecular weight is 381 g/mol. The summed E-state index contributed by atoms with van der Waals surface area (Å²) in [6.07, 6.45) is 3.30. The summed E-state index contributed by atoms with van der Waals surface area (Å²) in [5.74, 6) is 1.60. The number of fused-ring (bicyclic) bond motifs is 1. The van der Waals surface area contributed by atoms with Crippen LogP contribution in [0.3, 0.4) is 0 Å². The van der Waals surface area contributed by atoms with Gasteiger partial charge in [-0.05, 0) is 55.9 Å². The summed E-state index contributed by atoms with van der Waals surface area (Å²) in [5, 5.41) is 0. The lowest BCUT2D eigenvalue weighted by atomic mass is 10.0. The average Bonchev–Trinajstić information content (AvgIpc) is 3.42. The van der Waals surface area contributed by atoms with Crippen LogP contribution in [0, 0.1) is 0 Å². The number of hydrogen-bond donors (Lipinski definition) is 0. The Morgan fingerprint density at radius 1 is 1.11 bits per heavy atom. The molecule has 1 amide bonds. The number of ether oxygens (including phenoxy) is 3. The van der Waals surface area contributed by atoms with E-state index in [1.165, 1.54) is 5.56 Å². The lowest BCUT2D eigenvalue weighted by Crippen LogP contribution is -2.44. The van der Waals surface area contributed by atoms with Crippen molar-refractivity contribution < 1.29 is 19.0 Å². The fourth-order valence-corrected chi connectivity index (χ4v) is 3.82. The SMILES string of the molecule is C[C@H](CCc1ccccc1)N(Cc1ccc2c(c1)OCO2)C(=O)[C@H]1CCCO1. The molecule has 0 aliphatic carbocycles. The Bertz CT molecular complexity index is 802. The number of rotatable bonds is 7.